The number of hydrogen-bond acceptors (Lipinski definition) is 7. The predicted molar refractivity (Wildman–Crippen MR) is 91.6 cm³/mol. The molecule has 3 atom stereocenters. The summed E-state index contributed by atoms with van der Waals surface area (Å²) in [6.07, 6.45) is 0.460. The molecule has 0 saturated carbocycles. The van der Waals surface area contributed by atoms with Crippen molar-refractivity contribution < 1.29 is 39.3 Å². The number of hydrogen-bond donors (Lipinski definition) is 6. The molecule has 0 aliphatic heterocycles. The van der Waals surface area contributed by atoms with Crippen LogP contribution < -0.4 is 16.4 Å². The fraction of sp³-hybridized carbons (Fsp3) is 0.643. The van der Waals surface area contributed by atoms with Gasteiger partial charge in [0.05, 0.1) is 12.5 Å². The van der Waals surface area contributed by atoms with Gasteiger partial charge in [0.1, 0.15) is 12.1 Å². The summed E-state index contributed by atoms with van der Waals surface area (Å²) in [5.74, 6) is -5.17. The third-order valence-corrected chi connectivity index (χ3v) is 3.88. The van der Waals surface area contributed by atoms with Crippen LogP contribution in [0.5, 0.6) is 0 Å². The van der Waals surface area contributed by atoms with Gasteiger partial charge in [0.15, 0.2) is 0 Å². The highest BCUT2D eigenvalue weighted by Crippen LogP contribution is 2.04. The lowest BCUT2D eigenvalue weighted by Gasteiger charge is -2.22. The van der Waals surface area contributed by atoms with E-state index >= 15 is 0 Å². The molecular weight excluding hydrogens is 370 g/mol. The van der Waals surface area contributed by atoms with Crippen molar-refractivity contribution in [2.75, 3.05) is 12.0 Å². The van der Waals surface area contributed by atoms with Gasteiger partial charge in [-0.3, -0.25) is 19.2 Å². The molecule has 148 valence electrons. The molecule has 0 spiro atoms. The maximum atomic E-state index is 12.3. The number of carbonyl (C=O) groups excluding carboxylic acids is 2. The van der Waals surface area contributed by atoms with Crippen LogP contribution >= 0.6 is 11.8 Å². The second kappa shape index (κ2) is 12.1. The standard InChI is InChI=1S/C14H23N3O8S/c1-26-5-4-9(14(24)25)17-13(23)8(2-3-10(18)19)16-12(22)7(15)6-11(20)21/h7-9H,2-6,15H2,1H3,(H,16,22)(H,17,23)(H,18,19)(H,20,21)(H,24,25). The number of rotatable bonds is 13. The molecule has 0 saturated heterocycles. The number of carbonyl (C=O) groups is 5. The van der Waals surface area contributed by atoms with E-state index in [9.17, 15) is 24.0 Å². The van der Waals surface area contributed by atoms with Gasteiger partial charge in [-0.15, -0.1) is 0 Å². The molecule has 0 aromatic carbocycles. The van der Waals surface area contributed by atoms with Crippen LogP contribution in [0.15, 0.2) is 0 Å². The molecule has 0 rings (SSSR count). The second-order valence-electron chi connectivity index (χ2n) is 5.38. The molecule has 0 aromatic heterocycles. The molecule has 0 heterocycles. The van der Waals surface area contributed by atoms with Gasteiger partial charge >= 0.3 is 17.9 Å². The number of carboxylic acids is 3. The van der Waals surface area contributed by atoms with E-state index in [1.54, 1.807) is 6.26 Å². The molecule has 3 unspecified atom stereocenters. The molecule has 0 aromatic rings. The molecule has 0 radical (unpaired) electrons. The van der Waals surface area contributed by atoms with Crippen molar-refractivity contribution in [3.63, 3.8) is 0 Å². The molecule has 0 bridgehead atoms. The van der Waals surface area contributed by atoms with Gasteiger partial charge in [0, 0.05) is 6.42 Å². The summed E-state index contributed by atoms with van der Waals surface area (Å²) in [6.45, 7) is 0. The third kappa shape index (κ3) is 9.84. The number of thioether (sulfide) groups is 1. The summed E-state index contributed by atoms with van der Waals surface area (Å²) in [5, 5.41) is 30.9. The molecule has 0 aliphatic carbocycles. The SMILES string of the molecule is CSCCC(NC(=O)C(CCC(=O)O)NC(=O)C(N)CC(=O)O)C(=O)O. The van der Waals surface area contributed by atoms with Crippen molar-refractivity contribution in [1.82, 2.24) is 10.6 Å². The number of amides is 2. The first-order valence-electron chi connectivity index (χ1n) is 7.60. The Morgan fingerprint density at radius 3 is 1.96 bits per heavy atom. The largest absolute Gasteiger partial charge is 0.481 e. The van der Waals surface area contributed by atoms with Gasteiger partial charge < -0.3 is 31.7 Å². The van der Waals surface area contributed by atoms with Crippen LogP contribution in [0.4, 0.5) is 0 Å². The lowest BCUT2D eigenvalue weighted by molar-refractivity contribution is -0.143. The minimum absolute atomic E-state index is 0.139. The first kappa shape index (κ1) is 23.7. The molecule has 2 amide bonds. The van der Waals surface area contributed by atoms with Crippen molar-refractivity contribution in [1.29, 1.82) is 0 Å². The highest BCUT2D eigenvalue weighted by Gasteiger charge is 2.28. The Morgan fingerprint density at radius 2 is 1.50 bits per heavy atom. The quantitative estimate of drug-likeness (QED) is 0.213. The fourth-order valence-corrected chi connectivity index (χ4v) is 2.33. The van der Waals surface area contributed by atoms with Crippen molar-refractivity contribution in [3.8, 4) is 0 Å². The van der Waals surface area contributed by atoms with E-state index in [0.717, 1.165) is 0 Å². The number of carboxylic acid groups (broad SMARTS) is 3. The Hall–Kier alpha value is -2.34. The molecule has 0 fully saturated rings. The number of aliphatic carboxylic acids is 3. The summed E-state index contributed by atoms with van der Waals surface area (Å²) >= 11 is 1.38. The van der Waals surface area contributed by atoms with Crippen molar-refractivity contribution in [2.45, 2.75) is 43.8 Å². The average molecular weight is 393 g/mol. The van der Waals surface area contributed by atoms with E-state index in [1.807, 2.05) is 0 Å². The zero-order chi connectivity index (χ0) is 20.3. The van der Waals surface area contributed by atoms with E-state index in [2.05, 4.69) is 10.6 Å². The molecule has 11 nitrogen and oxygen atoms in total. The number of nitrogens with two attached hydrogens (primary N) is 1. The minimum Gasteiger partial charge on any atom is -0.481 e. The molecule has 26 heavy (non-hydrogen) atoms. The van der Waals surface area contributed by atoms with E-state index < -0.39 is 60.7 Å². The first-order chi connectivity index (χ1) is 12.1. The monoisotopic (exact) mass is 393 g/mol. The predicted octanol–water partition coefficient (Wildman–Crippen LogP) is -1.54. The summed E-state index contributed by atoms with van der Waals surface area (Å²) in [5.41, 5.74) is 5.40. The van der Waals surface area contributed by atoms with Crippen molar-refractivity contribution in [2.24, 2.45) is 5.73 Å². The van der Waals surface area contributed by atoms with Gasteiger partial charge in [0.25, 0.3) is 0 Å². The average Bonchev–Trinajstić information content (AvgIpc) is 2.53. The Labute approximate surface area is 153 Å². The lowest BCUT2D eigenvalue weighted by atomic mass is 10.1. The van der Waals surface area contributed by atoms with Crippen molar-refractivity contribution >= 4 is 41.5 Å². The van der Waals surface area contributed by atoms with Crippen LogP contribution in [-0.2, 0) is 24.0 Å². The first-order valence-corrected chi connectivity index (χ1v) is 8.99. The summed E-state index contributed by atoms with van der Waals surface area (Å²) in [6, 6.07) is -3.99. The van der Waals surface area contributed by atoms with Crippen molar-refractivity contribution in [3.05, 3.63) is 0 Å². The van der Waals surface area contributed by atoms with Crippen LogP contribution in [0.1, 0.15) is 25.7 Å². The van der Waals surface area contributed by atoms with E-state index in [0.29, 0.717) is 5.75 Å². The second-order valence-corrected chi connectivity index (χ2v) is 6.36. The highest BCUT2D eigenvalue weighted by atomic mass is 32.2. The summed E-state index contributed by atoms with van der Waals surface area (Å²) in [4.78, 5) is 56.6. The maximum absolute atomic E-state index is 12.3. The Balaban J connectivity index is 5.05. The van der Waals surface area contributed by atoms with Crippen LogP contribution in [-0.4, -0.2) is 75.2 Å². The molecular formula is C14H23N3O8S. The van der Waals surface area contributed by atoms with E-state index in [1.165, 1.54) is 11.8 Å². The molecule has 7 N–H and O–H groups in total. The van der Waals surface area contributed by atoms with Gasteiger partial charge in [-0.2, -0.15) is 11.8 Å². The molecule has 0 aliphatic rings. The zero-order valence-electron chi connectivity index (χ0n) is 14.1. The number of nitrogens with one attached hydrogen (secondary N) is 2. The molecule has 12 heteroatoms. The maximum Gasteiger partial charge on any atom is 0.326 e. The van der Waals surface area contributed by atoms with Gasteiger partial charge in [-0.1, -0.05) is 0 Å². The Morgan fingerprint density at radius 1 is 0.923 bits per heavy atom. The van der Waals surface area contributed by atoms with Gasteiger partial charge in [0.2, 0.25) is 11.8 Å². The topological polar surface area (TPSA) is 196 Å². The normalized spacial score (nSPS) is 13.9. The van der Waals surface area contributed by atoms with Crippen LogP contribution in [0.3, 0.4) is 0 Å². The van der Waals surface area contributed by atoms with Crippen LogP contribution in [0.2, 0.25) is 0 Å². The lowest BCUT2D eigenvalue weighted by Crippen LogP contribution is -2.54. The van der Waals surface area contributed by atoms with Crippen LogP contribution in [0.25, 0.3) is 0 Å². The zero-order valence-corrected chi connectivity index (χ0v) is 15.0. The highest BCUT2D eigenvalue weighted by molar-refractivity contribution is 7.98. The van der Waals surface area contributed by atoms with E-state index in [4.69, 9.17) is 21.1 Å². The van der Waals surface area contributed by atoms with Gasteiger partial charge in [-0.25, -0.2) is 4.79 Å². The third-order valence-electron chi connectivity index (χ3n) is 3.24. The Kier molecular flexibility index (Phi) is 11.0. The fourth-order valence-electron chi connectivity index (χ4n) is 1.86. The van der Waals surface area contributed by atoms with Crippen LogP contribution in [0, 0.1) is 0 Å². The summed E-state index contributed by atoms with van der Waals surface area (Å²) in [7, 11) is 0. The van der Waals surface area contributed by atoms with Gasteiger partial charge in [-0.05, 0) is 24.9 Å². The summed E-state index contributed by atoms with van der Waals surface area (Å²) < 4.78 is 0. The van der Waals surface area contributed by atoms with E-state index in [-0.39, 0.29) is 12.8 Å². The minimum atomic E-state index is -1.43. The smallest absolute Gasteiger partial charge is 0.326 e. The Bertz CT molecular complexity index is 542.